The molecule has 4 N–H and O–H groups in total. The summed E-state index contributed by atoms with van der Waals surface area (Å²) in [5.41, 5.74) is 12.8. The Morgan fingerprint density at radius 3 is 2.53 bits per heavy atom. The average molecular weight is 277 g/mol. The Hall–Kier alpha value is -2.20. The van der Waals surface area contributed by atoms with Crippen molar-refractivity contribution < 1.29 is 9.53 Å². The molecule has 0 saturated heterocycles. The maximum Gasteiger partial charge on any atom is 0.248 e. The number of amides is 1. The number of anilines is 1. The Bertz CT molecular complexity index is 641. The Labute approximate surface area is 115 Å². The maximum absolute atomic E-state index is 11.1. The first-order chi connectivity index (χ1) is 8.97. The summed E-state index contributed by atoms with van der Waals surface area (Å²) in [5, 5.41) is 0.476. The van der Waals surface area contributed by atoms with Gasteiger partial charge in [0.1, 0.15) is 5.75 Å². The maximum atomic E-state index is 11.1. The molecule has 19 heavy (non-hydrogen) atoms. The van der Waals surface area contributed by atoms with E-state index in [1.807, 2.05) is 13.0 Å². The van der Waals surface area contributed by atoms with Crippen LogP contribution in [-0.2, 0) is 0 Å². The molecule has 0 bridgehead atoms. The molecule has 0 aliphatic carbocycles. The quantitative estimate of drug-likeness (QED) is 0.846. The fourth-order valence-electron chi connectivity index (χ4n) is 1.58. The molecule has 0 spiro atoms. The molecule has 2 aromatic rings. The fraction of sp³-hybridized carbons (Fsp3) is 0.0714. The van der Waals surface area contributed by atoms with E-state index in [2.05, 4.69) is 0 Å². The van der Waals surface area contributed by atoms with Gasteiger partial charge in [0.25, 0.3) is 0 Å². The normalized spacial score (nSPS) is 10.2. The van der Waals surface area contributed by atoms with Crippen molar-refractivity contribution in [2.24, 2.45) is 5.73 Å². The van der Waals surface area contributed by atoms with Gasteiger partial charge in [-0.2, -0.15) is 0 Å². The minimum atomic E-state index is -0.542. The monoisotopic (exact) mass is 276 g/mol. The number of carbonyl (C=O) groups excluding carboxylic acids is 1. The largest absolute Gasteiger partial charge is 0.454 e. The number of aryl methyl sites for hydroxylation is 1. The van der Waals surface area contributed by atoms with Crippen molar-refractivity contribution in [2.45, 2.75) is 6.92 Å². The molecule has 0 heterocycles. The number of hydrogen-bond acceptors (Lipinski definition) is 3. The highest BCUT2D eigenvalue weighted by Gasteiger charge is 2.09. The molecule has 4 nitrogen and oxygen atoms in total. The van der Waals surface area contributed by atoms with Crippen LogP contribution in [-0.4, -0.2) is 5.91 Å². The van der Waals surface area contributed by atoms with Crippen molar-refractivity contribution in [3.05, 3.63) is 52.5 Å². The van der Waals surface area contributed by atoms with Gasteiger partial charge >= 0.3 is 0 Å². The van der Waals surface area contributed by atoms with Gasteiger partial charge in [-0.1, -0.05) is 17.7 Å². The van der Waals surface area contributed by atoms with Crippen LogP contribution in [0.15, 0.2) is 36.4 Å². The van der Waals surface area contributed by atoms with E-state index in [1.54, 1.807) is 24.3 Å². The number of nitrogens with two attached hydrogens (primary N) is 2. The number of rotatable bonds is 3. The zero-order valence-electron chi connectivity index (χ0n) is 10.3. The van der Waals surface area contributed by atoms with Crippen molar-refractivity contribution in [2.75, 3.05) is 5.73 Å². The molecular formula is C14H13ClN2O2. The highest BCUT2D eigenvalue weighted by atomic mass is 35.5. The van der Waals surface area contributed by atoms with E-state index in [0.717, 1.165) is 5.56 Å². The Morgan fingerprint density at radius 1 is 1.16 bits per heavy atom. The topological polar surface area (TPSA) is 78.3 Å². The number of hydrogen-bond donors (Lipinski definition) is 2. The number of ether oxygens (including phenoxy) is 1. The smallest absolute Gasteiger partial charge is 0.248 e. The molecule has 1 amide bonds. The van der Waals surface area contributed by atoms with E-state index >= 15 is 0 Å². The second-order valence-electron chi connectivity index (χ2n) is 4.15. The summed E-state index contributed by atoms with van der Waals surface area (Å²) in [6.07, 6.45) is 0. The van der Waals surface area contributed by atoms with Gasteiger partial charge in [-0.25, -0.2) is 0 Å². The standard InChI is InChI=1S/C14H13ClN2O2/c1-8-2-5-12(10(15)6-8)19-13-7-9(14(17)18)3-4-11(13)16/h2-7H,16H2,1H3,(H2,17,18). The predicted octanol–water partition coefficient (Wildman–Crippen LogP) is 3.12. The summed E-state index contributed by atoms with van der Waals surface area (Å²) in [6.45, 7) is 1.93. The lowest BCUT2D eigenvalue weighted by atomic mass is 10.2. The Balaban J connectivity index is 2.37. The summed E-state index contributed by atoms with van der Waals surface area (Å²) in [7, 11) is 0. The lowest BCUT2D eigenvalue weighted by Gasteiger charge is -2.11. The Kier molecular flexibility index (Phi) is 3.62. The SMILES string of the molecule is Cc1ccc(Oc2cc(C(N)=O)ccc2N)c(Cl)c1. The van der Waals surface area contributed by atoms with Crippen LogP contribution in [0.2, 0.25) is 5.02 Å². The third-order valence-corrected chi connectivity index (χ3v) is 2.90. The van der Waals surface area contributed by atoms with Gasteiger partial charge in [-0.05, 0) is 42.8 Å². The van der Waals surface area contributed by atoms with Crippen LogP contribution < -0.4 is 16.2 Å². The summed E-state index contributed by atoms with van der Waals surface area (Å²) < 4.78 is 5.62. The third kappa shape index (κ3) is 2.98. The van der Waals surface area contributed by atoms with E-state index in [9.17, 15) is 4.79 Å². The van der Waals surface area contributed by atoms with Gasteiger partial charge in [0.15, 0.2) is 5.75 Å². The lowest BCUT2D eigenvalue weighted by molar-refractivity contribution is 0.1000. The molecule has 0 fully saturated rings. The number of carbonyl (C=O) groups is 1. The van der Waals surface area contributed by atoms with Crippen molar-refractivity contribution in [3.8, 4) is 11.5 Å². The summed E-state index contributed by atoms with van der Waals surface area (Å²) in [4.78, 5) is 11.1. The van der Waals surface area contributed by atoms with Crippen molar-refractivity contribution in [1.82, 2.24) is 0 Å². The van der Waals surface area contributed by atoms with Crippen LogP contribution in [0.25, 0.3) is 0 Å². The molecule has 0 saturated carbocycles. The molecule has 2 rings (SSSR count). The number of halogens is 1. The lowest BCUT2D eigenvalue weighted by Crippen LogP contribution is -2.11. The molecule has 0 unspecified atom stereocenters. The minimum Gasteiger partial charge on any atom is -0.454 e. The molecular weight excluding hydrogens is 264 g/mol. The van der Waals surface area contributed by atoms with Gasteiger partial charge < -0.3 is 16.2 Å². The van der Waals surface area contributed by atoms with Crippen LogP contribution in [0, 0.1) is 6.92 Å². The second-order valence-corrected chi connectivity index (χ2v) is 4.56. The number of benzene rings is 2. The van der Waals surface area contributed by atoms with E-state index in [1.165, 1.54) is 6.07 Å². The summed E-state index contributed by atoms with van der Waals surface area (Å²) >= 11 is 6.08. The molecule has 0 aliphatic rings. The van der Waals surface area contributed by atoms with Crippen molar-refractivity contribution in [3.63, 3.8) is 0 Å². The van der Waals surface area contributed by atoms with Gasteiger partial charge in [-0.3, -0.25) is 4.79 Å². The van der Waals surface area contributed by atoms with Gasteiger partial charge in [0, 0.05) is 5.56 Å². The molecule has 0 radical (unpaired) electrons. The second kappa shape index (κ2) is 5.20. The van der Waals surface area contributed by atoms with Crippen LogP contribution in [0.3, 0.4) is 0 Å². The van der Waals surface area contributed by atoms with Crippen LogP contribution in [0.5, 0.6) is 11.5 Å². The summed E-state index contributed by atoms with van der Waals surface area (Å²) in [6, 6.07) is 10.0. The van der Waals surface area contributed by atoms with E-state index in [0.29, 0.717) is 27.8 Å². The van der Waals surface area contributed by atoms with Crippen LogP contribution in [0.1, 0.15) is 15.9 Å². The third-order valence-electron chi connectivity index (χ3n) is 2.61. The van der Waals surface area contributed by atoms with Crippen LogP contribution >= 0.6 is 11.6 Å². The number of nitrogen functional groups attached to an aromatic ring is 1. The molecule has 0 aliphatic heterocycles. The van der Waals surface area contributed by atoms with Crippen molar-refractivity contribution in [1.29, 1.82) is 0 Å². The van der Waals surface area contributed by atoms with Crippen molar-refractivity contribution >= 4 is 23.2 Å². The molecule has 5 heteroatoms. The minimum absolute atomic E-state index is 0.326. The van der Waals surface area contributed by atoms with E-state index in [-0.39, 0.29) is 0 Å². The Morgan fingerprint density at radius 2 is 1.89 bits per heavy atom. The first-order valence-electron chi connectivity index (χ1n) is 5.60. The first-order valence-corrected chi connectivity index (χ1v) is 5.98. The number of primary amides is 1. The van der Waals surface area contributed by atoms with Gasteiger partial charge in [-0.15, -0.1) is 0 Å². The first kappa shape index (κ1) is 13.2. The van der Waals surface area contributed by atoms with E-state index in [4.69, 9.17) is 27.8 Å². The molecule has 0 atom stereocenters. The van der Waals surface area contributed by atoms with Crippen LogP contribution in [0.4, 0.5) is 5.69 Å². The molecule has 98 valence electrons. The molecule has 0 aromatic heterocycles. The highest BCUT2D eigenvalue weighted by Crippen LogP contribution is 2.33. The highest BCUT2D eigenvalue weighted by molar-refractivity contribution is 6.32. The average Bonchev–Trinajstić information content (AvgIpc) is 2.34. The zero-order valence-corrected chi connectivity index (χ0v) is 11.1. The molecule has 2 aromatic carbocycles. The van der Waals surface area contributed by atoms with Gasteiger partial charge in [0.05, 0.1) is 10.7 Å². The zero-order chi connectivity index (χ0) is 14.0. The van der Waals surface area contributed by atoms with Gasteiger partial charge in [0.2, 0.25) is 5.91 Å². The predicted molar refractivity (Wildman–Crippen MR) is 75.6 cm³/mol. The fourth-order valence-corrected chi connectivity index (χ4v) is 1.86. The summed E-state index contributed by atoms with van der Waals surface area (Å²) in [5.74, 6) is 0.280. The van der Waals surface area contributed by atoms with E-state index < -0.39 is 5.91 Å².